The molecular formula is C15H26N2O3. The summed E-state index contributed by atoms with van der Waals surface area (Å²) < 4.78 is 16.0. The highest BCUT2D eigenvalue weighted by Crippen LogP contribution is 2.34. The van der Waals surface area contributed by atoms with Gasteiger partial charge < -0.3 is 25.3 Å². The van der Waals surface area contributed by atoms with Crippen LogP contribution in [0.5, 0.6) is 11.5 Å². The van der Waals surface area contributed by atoms with E-state index in [1.54, 1.807) is 20.3 Å². The maximum Gasteiger partial charge on any atom is 0.162 e. The van der Waals surface area contributed by atoms with Crippen molar-refractivity contribution in [1.82, 2.24) is 0 Å². The van der Waals surface area contributed by atoms with E-state index in [4.69, 9.17) is 19.9 Å². The van der Waals surface area contributed by atoms with Crippen LogP contribution in [0.25, 0.3) is 0 Å². The second-order valence-corrected chi connectivity index (χ2v) is 5.04. The number of hydrogen-bond donors (Lipinski definition) is 2. The van der Waals surface area contributed by atoms with Crippen LogP contribution in [-0.2, 0) is 4.74 Å². The van der Waals surface area contributed by atoms with Gasteiger partial charge >= 0.3 is 0 Å². The van der Waals surface area contributed by atoms with Crippen LogP contribution in [0, 0.1) is 5.92 Å². The van der Waals surface area contributed by atoms with Crippen LogP contribution in [0.1, 0.15) is 20.3 Å². The predicted molar refractivity (Wildman–Crippen MR) is 82.7 cm³/mol. The van der Waals surface area contributed by atoms with Gasteiger partial charge in [0.2, 0.25) is 0 Å². The number of benzene rings is 1. The lowest BCUT2D eigenvalue weighted by Crippen LogP contribution is -2.09. The molecule has 1 rings (SSSR count). The van der Waals surface area contributed by atoms with Gasteiger partial charge in [0.15, 0.2) is 11.5 Å². The minimum absolute atomic E-state index is 0.574. The van der Waals surface area contributed by atoms with E-state index in [9.17, 15) is 0 Å². The Labute approximate surface area is 121 Å². The van der Waals surface area contributed by atoms with Crippen molar-refractivity contribution in [3.63, 3.8) is 0 Å². The maximum atomic E-state index is 5.97. The molecule has 0 aliphatic heterocycles. The molecule has 0 spiro atoms. The van der Waals surface area contributed by atoms with Gasteiger partial charge in [0.25, 0.3) is 0 Å². The van der Waals surface area contributed by atoms with Gasteiger partial charge in [0, 0.05) is 31.9 Å². The van der Waals surface area contributed by atoms with E-state index in [0.29, 0.717) is 23.1 Å². The van der Waals surface area contributed by atoms with E-state index in [0.717, 1.165) is 31.9 Å². The lowest BCUT2D eigenvalue weighted by molar-refractivity contribution is 0.110. The Bertz CT molecular complexity index is 408. The van der Waals surface area contributed by atoms with Crippen LogP contribution in [-0.4, -0.2) is 34.0 Å². The predicted octanol–water partition coefficient (Wildman–Crippen LogP) is 2.76. The number of anilines is 2. The van der Waals surface area contributed by atoms with E-state index < -0.39 is 0 Å². The summed E-state index contributed by atoms with van der Waals surface area (Å²) in [5, 5.41) is 3.29. The summed E-state index contributed by atoms with van der Waals surface area (Å²) in [5.41, 5.74) is 7.47. The van der Waals surface area contributed by atoms with Crippen molar-refractivity contribution in [1.29, 1.82) is 0 Å². The first kappa shape index (κ1) is 16.4. The van der Waals surface area contributed by atoms with Crippen molar-refractivity contribution < 1.29 is 14.2 Å². The van der Waals surface area contributed by atoms with E-state index in [2.05, 4.69) is 19.2 Å². The molecule has 0 unspecified atom stereocenters. The molecule has 20 heavy (non-hydrogen) atoms. The molecule has 0 saturated heterocycles. The number of rotatable bonds is 9. The number of nitrogens with one attached hydrogen (secondary N) is 1. The third-order valence-corrected chi connectivity index (χ3v) is 2.79. The number of nitrogens with two attached hydrogens (primary N) is 1. The zero-order valence-corrected chi connectivity index (χ0v) is 12.9. The molecule has 3 N–H and O–H groups in total. The first-order chi connectivity index (χ1) is 9.58. The third kappa shape index (κ3) is 5.17. The van der Waals surface area contributed by atoms with Crippen LogP contribution >= 0.6 is 0 Å². The monoisotopic (exact) mass is 282 g/mol. The third-order valence-electron chi connectivity index (χ3n) is 2.79. The highest BCUT2D eigenvalue weighted by atomic mass is 16.5. The van der Waals surface area contributed by atoms with Gasteiger partial charge in [-0.2, -0.15) is 0 Å². The molecule has 1 aromatic rings. The summed E-state index contributed by atoms with van der Waals surface area (Å²) in [5.74, 6) is 1.88. The Morgan fingerprint density at radius 2 is 1.80 bits per heavy atom. The van der Waals surface area contributed by atoms with Gasteiger partial charge in [-0.1, -0.05) is 13.8 Å². The molecular weight excluding hydrogens is 256 g/mol. The summed E-state index contributed by atoms with van der Waals surface area (Å²) in [4.78, 5) is 0. The zero-order chi connectivity index (χ0) is 15.0. The molecule has 0 atom stereocenters. The summed E-state index contributed by atoms with van der Waals surface area (Å²) in [6.45, 7) is 6.64. The summed E-state index contributed by atoms with van der Waals surface area (Å²) >= 11 is 0. The molecule has 1 aromatic carbocycles. The van der Waals surface area contributed by atoms with E-state index in [-0.39, 0.29) is 0 Å². The van der Waals surface area contributed by atoms with Crippen LogP contribution in [0.2, 0.25) is 0 Å². The van der Waals surface area contributed by atoms with E-state index in [1.807, 2.05) is 6.07 Å². The minimum atomic E-state index is 0.574. The molecule has 0 radical (unpaired) electrons. The van der Waals surface area contributed by atoms with Crippen molar-refractivity contribution in [3.8, 4) is 11.5 Å². The first-order valence-corrected chi connectivity index (χ1v) is 6.91. The molecule has 0 bridgehead atoms. The van der Waals surface area contributed by atoms with Gasteiger partial charge in [-0.25, -0.2) is 0 Å². The molecule has 5 nitrogen and oxygen atoms in total. The normalized spacial score (nSPS) is 10.7. The van der Waals surface area contributed by atoms with Crippen LogP contribution in [0.3, 0.4) is 0 Å². The Hall–Kier alpha value is -1.62. The lowest BCUT2D eigenvalue weighted by atomic mass is 10.2. The molecule has 114 valence electrons. The molecule has 0 aromatic heterocycles. The van der Waals surface area contributed by atoms with Crippen LogP contribution in [0.4, 0.5) is 11.4 Å². The van der Waals surface area contributed by atoms with Crippen molar-refractivity contribution in [2.45, 2.75) is 20.3 Å². The largest absolute Gasteiger partial charge is 0.493 e. The van der Waals surface area contributed by atoms with Crippen molar-refractivity contribution >= 4 is 11.4 Å². The fourth-order valence-electron chi connectivity index (χ4n) is 1.76. The minimum Gasteiger partial charge on any atom is -0.493 e. The second kappa shape index (κ2) is 8.53. The molecule has 0 amide bonds. The number of ether oxygens (including phenoxy) is 3. The number of methoxy groups -OCH3 is 2. The smallest absolute Gasteiger partial charge is 0.162 e. The Morgan fingerprint density at radius 1 is 1.15 bits per heavy atom. The Kier molecular flexibility index (Phi) is 7.01. The standard InChI is InChI=1S/C15H26N2O3/c1-11(2)10-20-7-5-6-17-13-9-15(19-4)14(18-3)8-12(13)16/h8-9,11,17H,5-7,10,16H2,1-4H3. The molecule has 0 heterocycles. The molecule has 5 heteroatoms. The fourth-order valence-corrected chi connectivity index (χ4v) is 1.76. The SMILES string of the molecule is COc1cc(N)c(NCCCOCC(C)C)cc1OC. The molecule has 0 fully saturated rings. The van der Waals surface area contributed by atoms with Gasteiger partial charge in [0.05, 0.1) is 25.6 Å². The van der Waals surface area contributed by atoms with E-state index >= 15 is 0 Å². The fraction of sp³-hybridized carbons (Fsp3) is 0.600. The summed E-state index contributed by atoms with van der Waals surface area (Å²) in [6.07, 6.45) is 0.931. The van der Waals surface area contributed by atoms with Crippen molar-refractivity contribution in [3.05, 3.63) is 12.1 Å². The van der Waals surface area contributed by atoms with Gasteiger partial charge in [-0.05, 0) is 12.3 Å². The Morgan fingerprint density at radius 3 is 2.40 bits per heavy atom. The highest BCUT2D eigenvalue weighted by molar-refractivity contribution is 5.71. The first-order valence-electron chi connectivity index (χ1n) is 6.91. The quantitative estimate of drug-likeness (QED) is 0.538. The maximum absolute atomic E-state index is 5.97. The highest BCUT2D eigenvalue weighted by Gasteiger charge is 2.08. The zero-order valence-electron chi connectivity index (χ0n) is 12.9. The Balaban J connectivity index is 2.43. The van der Waals surface area contributed by atoms with E-state index in [1.165, 1.54) is 0 Å². The molecule has 0 aliphatic rings. The average Bonchev–Trinajstić information content (AvgIpc) is 2.43. The van der Waals surface area contributed by atoms with Gasteiger partial charge in [-0.15, -0.1) is 0 Å². The van der Waals surface area contributed by atoms with Crippen LogP contribution < -0.4 is 20.5 Å². The summed E-state index contributed by atoms with van der Waals surface area (Å²) in [6, 6.07) is 3.61. The molecule has 0 aliphatic carbocycles. The topological polar surface area (TPSA) is 65.7 Å². The average molecular weight is 282 g/mol. The van der Waals surface area contributed by atoms with Crippen molar-refractivity contribution in [2.75, 3.05) is 45.0 Å². The molecule has 0 saturated carbocycles. The summed E-state index contributed by atoms with van der Waals surface area (Å²) in [7, 11) is 3.20. The van der Waals surface area contributed by atoms with Gasteiger partial charge in [0.1, 0.15) is 0 Å². The number of hydrogen-bond acceptors (Lipinski definition) is 5. The van der Waals surface area contributed by atoms with Gasteiger partial charge in [-0.3, -0.25) is 0 Å². The van der Waals surface area contributed by atoms with Crippen LogP contribution in [0.15, 0.2) is 12.1 Å². The van der Waals surface area contributed by atoms with Crippen molar-refractivity contribution in [2.24, 2.45) is 5.92 Å². The second-order valence-electron chi connectivity index (χ2n) is 5.04. The lowest BCUT2D eigenvalue weighted by Gasteiger charge is -2.14. The number of nitrogen functional groups attached to an aromatic ring is 1.